The summed E-state index contributed by atoms with van der Waals surface area (Å²) in [5.74, 6) is 0.0533. The van der Waals surface area contributed by atoms with Crippen LogP contribution in [0, 0.1) is 11.3 Å². The van der Waals surface area contributed by atoms with E-state index in [0.717, 1.165) is 25.7 Å². The molecular formula is C22H30N2O3. The number of amides is 2. The SMILES string of the molecule is O=C(NC1CCCCC1)C1CN(C(=O)c2ccccc2)CC12CCOCC2. The molecule has 2 aliphatic heterocycles. The number of nitrogens with one attached hydrogen (secondary N) is 1. The topological polar surface area (TPSA) is 58.6 Å². The molecule has 1 saturated carbocycles. The number of carbonyl (C=O) groups is 2. The van der Waals surface area contributed by atoms with E-state index in [4.69, 9.17) is 4.74 Å². The van der Waals surface area contributed by atoms with Crippen molar-refractivity contribution in [2.75, 3.05) is 26.3 Å². The van der Waals surface area contributed by atoms with Crippen LogP contribution in [0.15, 0.2) is 30.3 Å². The standard InChI is InChI=1S/C22H30N2O3/c25-20(23-18-9-5-2-6-10-18)19-15-24(16-22(19)11-13-27-14-12-22)21(26)17-7-3-1-4-8-17/h1,3-4,7-8,18-19H,2,5-6,9-16H2,(H,23,25). The first kappa shape index (κ1) is 18.5. The van der Waals surface area contributed by atoms with Crippen LogP contribution in [0.5, 0.6) is 0 Å². The lowest BCUT2D eigenvalue weighted by molar-refractivity contribution is -0.130. The molecule has 1 aromatic carbocycles. The summed E-state index contributed by atoms with van der Waals surface area (Å²) in [6.07, 6.45) is 7.56. The molecule has 2 heterocycles. The minimum absolute atomic E-state index is 0.0365. The lowest BCUT2D eigenvalue weighted by Crippen LogP contribution is -2.47. The molecule has 1 N–H and O–H groups in total. The molecule has 4 rings (SSSR count). The highest BCUT2D eigenvalue weighted by molar-refractivity contribution is 5.95. The number of nitrogens with zero attached hydrogens (tertiary/aromatic N) is 1. The highest BCUT2D eigenvalue weighted by Gasteiger charge is 2.52. The Morgan fingerprint density at radius 3 is 2.44 bits per heavy atom. The summed E-state index contributed by atoms with van der Waals surface area (Å²) in [6.45, 7) is 2.54. The maximum absolute atomic E-state index is 13.2. The minimum Gasteiger partial charge on any atom is -0.381 e. The van der Waals surface area contributed by atoms with E-state index in [1.165, 1.54) is 19.3 Å². The van der Waals surface area contributed by atoms with Crippen molar-refractivity contribution in [1.29, 1.82) is 0 Å². The van der Waals surface area contributed by atoms with Gasteiger partial charge in [-0.25, -0.2) is 0 Å². The van der Waals surface area contributed by atoms with Crippen LogP contribution in [0.1, 0.15) is 55.3 Å². The van der Waals surface area contributed by atoms with E-state index >= 15 is 0 Å². The first-order valence-electron chi connectivity index (χ1n) is 10.4. The molecule has 27 heavy (non-hydrogen) atoms. The van der Waals surface area contributed by atoms with Crippen molar-refractivity contribution in [1.82, 2.24) is 10.2 Å². The zero-order chi connectivity index (χ0) is 18.7. The third-order valence-corrected chi connectivity index (χ3v) is 6.71. The van der Waals surface area contributed by atoms with Crippen molar-refractivity contribution >= 4 is 11.8 Å². The summed E-state index contributed by atoms with van der Waals surface area (Å²) in [6, 6.07) is 9.72. The number of ether oxygens (including phenoxy) is 1. The molecule has 3 aliphatic rings. The molecule has 1 aromatic rings. The maximum atomic E-state index is 13.2. The molecule has 1 aliphatic carbocycles. The number of hydrogen-bond donors (Lipinski definition) is 1. The quantitative estimate of drug-likeness (QED) is 0.890. The monoisotopic (exact) mass is 370 g/mol. The smallest absolute Gasteiger partial charge is 0.253 e. The fourth-order valence-electron chi connectivity index (χ4n) is 5.08. The van der Waals surface area contributed by atoms with Gasteiger partial charge in [-0.3, -0.25) is 9.59 Å². The number of rotatable bonds is 3. The lowest BCUT2D eigenvalue weighted by atomic mass is 9.71. The molecule has 1 unspecified atom stereocenters. The van der Waals surface area contributed by atoms with Gasteiger partial charge in [-0.1, -0.05) is 37.5 Å². The first-order chi connectivity index (χ1) is 13.2. The van der Waals surface area contributed by atoms with Gasteiger partial charge in [-0.05, 0) is 37.8 Å². The summed E-state index contributed by atoms with van der Waals surface area (Å²) in [4.78, 5) is 28.1. The van der Waals surface area contributed by atoms with E-state index in [-0.39, 0.29) is 23.1 Å². The lowest BCUT2D eigenvalue weighted by Gasteiger charge is -2.37. The molecule has 2 amide bonds. The van der Waals surface area contributed by atoms with Crippen LogP contribution in [-0.2, 0) is 9.53 Å². The first-order valence-corrected chi connectivity index (χ1v) is 10.4. The average Bonchev–Trinajstić information content (AvgIpc) is 3.08. The van der Waals surface area contributed by atoms with Crippen LogP contribution in [0.2, 0.25) is 0 Å². The summed E-state index contributed by atoms with van der Waals surface area (Å²) in [5.41, 5.74) is 0.564. The van der Waals surface area contributed by atoms with E-state index in [9.17, 15) is 9.59 Å². The number of benzene rings is 1. The van der Waals surface area contributed by atoms with Crippen molar-refractivity contribution in [3.63, 3.8) is 0 Å². The highest BCUT2D eigenvalue weighted by Crippen LogP contribution is 2.45. The Hall–Kier alpha value is -1.88. The van der Waals surface area contributed by atoms with E-state index in [1.807, 2.05) is 35.2 Å². The zero-order valence-corrected chi connectivity index (χ0v) is 16.0. The number of carbonyl (C=O) groups excluding carboxylic acids is 2. The van der Waals surface area contributed by atoms with E-state index in [2.05, 4.69) is 5.32 Å². The van der Waals surface area contributed by atoms with E-state index in [0.29, 0.717) is 37.9 Å². The Labute approximate surface area is 161 Å². The van der Waals surface area contributed by atoms with Gasteiger partial charge in [-0.15, -0.1) is 0 Å². The minimum atomic E-state index is -0.137. The van der Waals surface area contributed by atoms with Gasteiger partial charge in [0.2, 0.25) is 5.91 Å². The van der Waals surface area contributed by atoms with Crippen LogP contribution in [0.3, 0.4) is 0 Å². The maximum Gasteiger partial charge on any atom is 0.253 e. The Morgan fingerprint density at radius 1 is 1.04 bits per heavy atom. The second-order valence-electron chi connectivity index (χ2n) is 8.42. The summed E-state index contributed by atoms with van der Waals surface area (Å²) in [5, 5.41) is 3.31. The highest BCUT2D eigenvalue weighted by atomic mass is 16.5. The second-order valence-corrected chi connectivity index (χ2v) is 8.42. The van der Waals surface area contributed by atoms with Gasteiger partial charge in [0, 0.05) is 43.3 Å². The van der Waals surface area contributed by atoms with Crippen molar-refractivity contribution in [2.24, 2.45) is 11.3 Å². The van der Waals surface area contributed by atoms with Gasteiger partial charge in [0.25, 0.3) is 5.91 Å². The van der Waals surface area contributed by atoms with E-state index < -0.39 is 0 Å². The van der Waals surface area contributed by atoms with Gasteiger partial charge in [0.05, 0.1) is 5.92 Å². The molecule has 1 spiro atoms. The zero-order valence-electron chi connectivity index (χ0n) is 16.0. The largest absolute Gasteiger partial charge is 0.381 e. The van der Waals surface area contributed by atoms with Gasteiger partial charge in [-0.2, -0.15) is 0 Å². The van der Waals surface area contributed by atoms with Gasteiger partial charge >= 0.3 is 0 Å². The molecule has 5 nitrogen and oxygen atoms in total. The molecular weight excluding hydrogens is 340 g/mol. The molecule has 146 valence electrons. The predicted octanol–water partition coefficient (Wildman–Crippen LogP) is 3.00. The van der Waals surface area contributed by atoms with Crippen LogP contribution in [0.25, 0.3) is 0 Å². The van der Waals surface area contributed by atoms with Gasteiger partial charge in [0.15, 0.2) is 0 Å². The summed E-state index contributed by atoms with van der Waals surface area (Å²) in [7, 11) is 0. The van der Waals surface area contributed by atoms with Gasteiger partial charge in [0.1, 0.15) is 0 Å². The molecule has 3 fully saturated rings. The number of hydrogen-bond acceptors (Lipinski definition) is 3. The summed E-state index contributed by atoms with van der Waals surface area (Å²) < 4.78 is 5.58. The fraction of sp³-hybridized carbons (Fsp3) is 0.636. The fourth-order valence-corrected chi connectivity index (χ4v) is 5.08. The van der Waals surface area contributed by atoms with Crippen LogP contribution in [0.4, 0.5) is 0 Å². The molecule has 2 saturated heterocycles. The van der Waals surface area contributed by atoms with Crippen LogP contribution in [-0.4, -0.2) is 49.1 Å². The third-order valence-electron chi connectivity index (χ3n) is 6.71. The van der Waals surface area contributed by atoms with Crippen molar-refractivity contribution < 1.29 is 14.3 Å². The Morgan fingerprint density at radius 2 is 1.74 bits per heavy atom. The van der Waals surface area contributed by atoms with Crippen molar-refractivity contribution in [3.05, 3.63) is 35.9 Å². The Bertz CT molecular complexity index is 663. The van der Waals surface area contributed by atoms with Crippen molar-refractivity contribution in [3.8, 4) is 0 Å². The van der Waals surface area contributed by atoms with Crippen molar-refractivity contribution in [2.45, 2.75) is 51.0 Å². The summed E-state index contributed by atoms with van der Waals surface area (Å²) >= 11 is 0. The van der Waals surface area contributed by atoms with Gasteiger partial charge < -0.3 is 15.0 Å². The molecule has 1 atom stereocenters. The third kappa shape index (κ3) is 3.88. The second kappa shape index (κ2) is 8.01. The Balaban J connectivity index is 1.51. The predicted molar refractivity (Wildman–Crippen MR) is 103 cm³/mol. The molecule has 0 aromatic heterocycles. The average molecular weight is 370 g/mol. The molecule has 0 radical (unpaired) electrons. The Kier molecular flexibility index (Phi) is 5.48. The van der Waals surface area contributed by atoms with Crippen LogP contribution < -0.4 is 5.32 Å². The molecule has 0 bridgehead atoms. The number of likely N-dealkylation sites (tertiary alicyclic amines) is 1. The molecule has 5 heteroatoms. The van der Waals surface area contributed by atoms with Crippen LogP contribution >= 0.6 is 0 Å². The normalized spacial score (nSPS) is 25.5. The van der Waals surface area contributed by atoms with E-state index in [1.54, 1.807) is 0 Å².